The van der Waals surface area contributed by atoms with Crippen LogP contribution in [0, 0.1) is 5.82 Å². The van der Waals surface area contributed by atoms with Crippen LogP contribution in [0.15, 0.2) is 78.0 Å². The second-order valence-corrected chi connectivity index (χ2v) is 11.3. The number of carbonyl (C=O) groups excluding carboxylic acids is 2. The number of aliphatic carboxylic acids is 1. The molecule has 3 amide bonds. The van der Waals surface area contributed by atoms with E-state index in [0.717, 1.165) is 23.2 Å². The lowest BCUT2D eigenvalue weighted by atomic mass is 10.1. The molecule has 0 aliphatic carbocycles. The van der Waals surface area contributed by atoms with Crippen molar-refractivity contribution in [3.8, 4) is 11.8 Å². The number of hydrogen-bond donors (Lipinski definition) is 3. The number of aromatic nitrogens is 3. The first-order valence-corrected chi connectivity index (χ1v) is 15.2. The number of carboxylic acids is 1. The van der Waals surface area contributed by atoms with Gasteiger partial charge in [0, 0.05) is 17.4 Å². The van der Waals surface area contributed by atoms with Crippen molar-refractivity contribution in [2.45, 2.75) is 24.2 Å². The number of carbonyl (C=O) groups is 3. The van der Waals surface area contributed by atoms with Gasteiger partial charge < -0.3 is 14.6 Å². The molecule has 0 saturated heterocycles. The first-order valence-electron chi connectivity index (χ1n) is 13.4. The Hall–Kier alpha value is -5.56. The molecule has 0 spiro atoms. The zero-order valence-electron chi connectivity index (χ0n) is 25.4. The summed E-state index contributed by atoms with van der Waals surface area (Å²) in [5.41, 5.74) is -0.976. The van der Waals surface area contributed by atoms with Gasteiger partial charge in [-0.2, -0.15) is 31.6 Å². The van der Waals surface area contributed by atoms with Crippen LogP contribution in [0.1, 0.15) is 22.8 Å². The van der Waals surface area contributed by atoms with Crippen molar-refractivity contribution in [1.29, 1.82) is 0 Å². The van der Waals surface area contributed by atoms with E-state index in [1.165, 1.54) is 44.1 Å². The molecule has 4 rings (SSSR count). The highest BCUT2D eigenvalue weighted by atomic mass is 35.5. The average Bonchev–Trinajstić information content (AvgIpc) is 3.06. The fraction of sp³-hybridized carbons (Fsp3) is 0.172. The van der Waals surface area contributed by atoms with E-state index in [-0.39, 0.29) is 22.5 Å². The van der Waals surface area contributed by atoms with E-state index < -0.39 is 62.5 Å². The standard InChI is InChI=1S/C16H13ClFNO3.C13H12F3N5O5S/c1-10(16(21)22)19(12-7-8-14(18)13(17)9-12)15(20)11-5-3-2-4-6-11;1-25-8-6-9(26-2)19-11(18-8)20-12(22)21-27(23,24)10-7(13(14,15)16)4-3-5-17-10/h2-10H,1H3,(H,21,22);3-6H,1-2H3,(H2,18,19,20,21,22)/t10-;/m1./s1. The normalized spacial score (nSPS) is 11.7. The summed E-state index contributed by atoms with van der Waals surface area (Å²) in [4.78, 5) is 47.5. The molecule has 0 bridgehead atoms. The lowest BCUT2D eigenvalue weighted by molar-refractivity contribution is -0.140. The van der Waals surface area contributed by atoms with Gasteiger partial charge in [-0.1, -0.05) is 29.8 Å². The summed E-state index contributed by atoms with van der Waals surface area (Å²) in [6.07, 6.45) is -4.14. The number of nitrogens with zero attached hydrogens (tertiary/aromatic N) is 4. The molecule has 0 unspecified atom stereocenters. The quantitative estimate of drug-likeness (QED) is 0.196. The molecule has 0 aliphatic heterocycles. The number of anilines is 2. The van der Waals surface area contributed by atoms with Gasteiger partial charge in [0.2, 0.25) is 17.7 Å². The summed E-state index contributed by atoms with van der Waals surface area (Å²) >= 11 is 5.73. The van der Waals surface area contributed by atoms with E-state index >= 15 is 0 Å². The largest absolute Gasteiger partial charge is 0.481 e. The topological polar surface area (TPSA) is 190 Å². The number of urea groups is 1. The molecule has 0 radical (unpaired) electrons. The van der Waals surface area contributed by atoms with Crippen molar-refractivity contribution in [3.05, 3.63) is 94.9 Å². The van der Waals surface area contributed by atoms with Crippen LogP contribution in [0.3, 0.4) is 0 Å². The molecular weight excluding hydrogens is 704 g/mol. The molecule has 0 aliphatic rings. The summed E-state index contributed by atoms with van der Waals surface area (Å²) in [5, 5.41) is 9.66. The van der Waals surface area contributed by atoms with Crippen LogP contribution in [-0.2, 0) is 21.0 Å². The number of halogens is 5. The van der Waals surface area contributed by atoms with E-state index in [2.05, 4.69) is 15.0 Å². The molecule has 3 N–H and O–H groups in total. The van der Waals surface area contributed by atoms with Gasteiger partial charge >= 0.3 is 18.2 Å². The number of amides is 3. The number of methoxy groups -OCH3 is 2. The van der Waals surface area contributed by atoms with Gasteiger partial charge in [-0.25, -0.2) is 23.7 Å². The molecular formula is C29H25ClF4N6O8S. The minimum Gasteiger partial charge on any atom is -0.481 e. The molecule has 1 atom stereocenters. The Morgan fingerprint density at radius 2 is 1.57 bits per heavy atom. The van der Waals surface area contributed by atoms with Crippen molar-refractivity contribution >= 4 is 51.2 Å². The predicted molar refractivity (Wildman–Crippen MR) is 165 cm³/mol. The Kier molecular flexibility index (Phi) is 12.4. The van der Waals surface area contributed by atoms with Gasteiger partial charge in [0.15, 0.2) is 5.03 Å². The van der Waals surface area contributed by atoms with Crippen LogP contribution in [0.25, 0.3) is 0 Å². The van der Waals surface area contributed by atoms with Gasteiger partial charge in [0.25, 0.3) is 15.9 Å². The number of sulfonamides is 1. The van der Waals surface area contributed by atoms with E-state index in [9.17, 15) is 45.5 Å². The maximum Gasteiger partial charge on any atom is 0.419 e. The number of alkyl halides is 3. The fourth-order valence-electron chi connectivity index (χ4n) is 3.77. The van der Waals surface area contributed by atoms with Gasteiger partial charge in [-0.05, 0) is 49.4 Å². The Morgan fingerprint density at radius 1 is 0.959 bits per heavy atom. The van der Waals surface area contributed by atoms with E-state index in [4.69, 9.17) is 21.1 Å². The Bertz CT molecular complexity index is 1920. The smallest absolute Gasteiger partial charge is 0.419 e. The lowest BCUT2D eigenvalue weighted by Gasteiger charge is -2.27. The number of rotatable bonds is 9. The second-order valence-electron chi connectivity index (χ2n) is 9.34. The van der Waals surface area contributed by atoms with Crippen molar-refractivity contribution in [3.63, 3.8) is 0 Å². The summed E-state index contributed by atoms with van der Waals surface area (Å²) < 4.78 is 87.5. The van der Waals surface area contributed by atoms with Crippen LogP contribution in [0.5, 0.6) is 11.8 Å². The van der Waals surface area contributed by atoms with Crippen molar-refractivity contribution in [2.75, 3.05) is 24.4 Å². The minimum absolute atomic E-state index is 0.0101. The van der Waals surface area contributed by atoms with Crippen molar-refractivity contribution in [2.24, 2.45) is 0 Å². The molecule has 14 nitrogen and oxygen atoms in total. The SMILES string of the molecule is COc1cc(OC)nc(NC(=O)NS(=O)(=O)c2ncccc2C(F)(F)F)n1.C[C@H](C(=O)O)N(C(=O)c1ccccc1)c1ccc(F)c(Cl)c1. The van der Waals surface area contributed by atoms with Gasteiger partial charge in [0.1, 0.15) is 11.9 Å². The fourth-order valence-corrected chi connectivity index (χ4v) is 5.01. The van der Waals surface area contributed by atoms with Crippen LogP contribution in [-0.4, -0.2) is 66.6 Å². The number of pyridine rings is 1. The average molecular weight is 729 g/mol. The van der Waals surface area contributed by atoms with E-state index in [0.29, 0.717) is 11.6 Å². The molecule has 2 aromatic heterocycles. The maximum absolute atomic E-state index is 13.3. The lowest BCUT2D eigenvalue weighted by Crippen LogP contribution is -2.43. The number of carboxylic acid groups (broad SMARTS) is 1. The van der Waals surface area contributed by atoms with Crippen LogP contribution >= 0.6 is 11.6 Å². The highest BCUT2D eigenvalue weighted by Crippen LogP contribution is 2.33. The van der Waals surface area contributed by atoms with E-state index in [1.807, 2.05) is 5.32 Å². The molecule has 49 heavy (non-hydrogen) atoms. The minimum atomic E-state index is -4.99. The number of benzene rings is 2. The summed E-state index contributed by atoms with van der Waals surface area (Å²) in [6.45, 7) is 1.38. The molecule has 2 heterocycles. The molecule has 260 valence electrons. The molecule has 20 heteroatoms. The number of ether oxygens (including phenoxy) is 2. The highest BCUT2D eigenvalue weighted by Gasteiger charge is 2.38. The third-order valence-corrected chi connectivity index (χ3v) is 7.62. The van der Waals surface area contributed by atoms with Gasteiger partial charge in [-0.15, -0.1) is 0 Å². The molecule has 2 aromatic carbocycles. The van der Waals surface area contributed by atoms with Crippen LogP contribution in [0.4, 0.5) is 34.0 Å². The Labute approximate surface area is 280 Å². The van der Waals surface area contributed by atoms with Gasteiger partial charge in [0.05, 0.1) is 30.9 Å². The molecule has 0 saturated carbocycles. The zero-order valence-corrected chi connectivity index (χ0v) is 27.0. The Morgan fingerprint density at radius 3 is 2.10 bits per heavy atom. The van der Waals surface area contributed by atoms with E-state index in [1.54, 1.807) is 30.3 Å². The zero-order chi connectivity index (χ0) is 36.5. The highest BCUT2D eigenvalue weighted by molar-refractivity contribution is 7.90. The van der Waals surface area contributed by atoms with Gasteiger partial charge in [-0.3, -0.25) is 15.0 Å². The van der Waals surface area contributed by atoms with Crippen molar-refractivity contribution < 1.29 is 54.9 Å². The first kappa shape index (κ1) is 37.9. The maximum atomic E-state index is 13.3. The summed E-state index contributed by atoms with van der Waals surface area (Å²) in [7, 11) is -2.39. The summed E-state index contributed by atoms with van der Waals surface area (Å²) in [6, 6.07) is 12.1. The number of nitrogens with one attached hydrogen (secondary N) is 2. The van der Waals surface area contributed by atoms with Crippen molar-refractivity contribution in [1.82, 2.24) is 19.7 Å². The van der Waals surface area contributed by atoms with Crippen LogP contribution < -0.4 is 24.4 Å². The summed E-state index contributed by atoms with van der Waals surface area (Å²) in [5.74, 6) is -2.74. The molecule has 0 fully saturated rings. The molecule has 4 aromatic rings. The second kappa shape index (κ2) is 16.0. The van der Waals surface area contributed by atoms with Crippen LogP contribution in [0.2, 0.25) is 5.02 Å². The Balaban J connectivity index is 0.000000271. The predicted octanol–water partition coefficient (Wildman–Crippen LogP) is 5.02. The first-order chi connectivity index (χ1) is 23.0. The monoisotopic (exact) mass is 728 g/mol. The number of hydrogen-bond acceptors (Lipinski definition) is 10. The third kappa shape index (κ3) is 9.97. The third-order valence-electron chi connectivity index (χ3n) is 6.05.